The van der Waals surface area contributed by atoms with E-state index in [1.54, 1.807) is 24.3 Å². The summed E-state index contributed by atoms with van der Waals surface area (Å²) < 4.78 is 28.3. The molecule has 2 aromatic carbocycles. The molecule has 0 bridgehead atoms. The first kappa shape index (κ1) is 19.0. The smallest absolute Gasteiger partial charge is 0.241 e. The van der Waals surface area contributed by atoms with E-state index in [2.05, 4.69) is 22.2 Å². The quantitative estimate of drug-likeness (QED) is 0.674. The van der Waals surface area contributed by atoms with Crippen molar-refractivity contribution in [1.29, 1.82) is 0 Å². The average Bonchev–Trinajstić information content (AvgIpc) is 3.09. The molecule has 6 heteroatoms. The van der Waals surface area contributed by atoms with Gasteiger partial charge >= 0.3 is 0 Å². The molecule has 4 rings (SSSR count). The lowest BCUT2D eigenvalue weighted by molar-refractivity contribution is 0.424. The second-order valence-corrected chi connectivity index (χ2v) is 10.4. The van der Waals surface area contributed by atoms with Crippen molar-refractivity contribution in [3.05, 3.63) is 65.7 Å². The molecule has 0 aromatic heterocycles. The summed E-state index contributed by atoms with van der Waals surface area (Å²) in [7, 11) is -3.58. The van der Waals surface area contributed by atoms with Crippen molar-refractivity contribution in [2.24, 2.45) is 5.92 Å². The molecule has 3 N–H and O–H groups in total. The second kappa shape index (κ2) is 6.64. The summed E-state index contributed by atoms with van der Waals surface area (Å²) in [6, 6.07) is 12.7. The van der Waals surface area contributed by atoms with E-state index in [9.17, 15) is 13.5 Å². The number of hydrogen-bond donors (Lipinski definition) is 3. The molecular weight excluding hydrogens is 372 g/mol. The summed E-state index contributed by atoms with van der Waals surface area (Å²) in [6.07, 6.45) is 5.29. The van der Waals surface area contributed by atoms with Crippen LogP contribution in [0, 0.1) is 5.92 Å². The van der Waals surface area contributed by atoms with Gasteiger partial charge in [0.2, 0.25) is 10.0 Å². The van der Waals surface area contributed by atoms with Crippen LogP contribution in [0.5, 0.6) is 5.75 Å². The van der Waals surface area contributed by atoms with Crippen molar-refractivity contribution in [2.75, 3.05) is 5.32 Å². The van der Waals surface area contributed by atoms with Gasteiger partial charge in [0.1, 0.15) is 5.75 Å². The van der Waals surface area contributed by atoms with Crippen molar-refractivity contribution >= 4 is 15.7 Å². The summed E-state index contributed by atoms with van der Waals surface area (Å²) in [5, 5.41) is 13.2. The Morgan fingerprint density at radius 2 is 1.82 bits per heavy atom. The van der Waals surface area contributed by atoms with Gasteiger partial charge in [0.05, 0.1) is 10.9 Å². The fourth-order valence-corrected chi connectivity index (χ4v) is 5.67. The molecule has 2 aromatic rings. The Hall–Kier alpha value is -2.31. The molecule has 0 radical (unpaired) electrons. The highest BCUT2D eigenvalue weighted by Gasteiger charge is 2.38. The monoisotopic (exact) mass is 398 g/mol. The minimum Gasteiger partial charge on any atom is -0.508 e. The molecule has 0 amide bonds. The molecule has 5 nitrogen and oxygen atoms in total. The summed E-state index contributed by atoms with van der Waals surface area (Å²) in [6.45, 7) is 5.51. The number of anilines is 1. The lowest BCUT2D eigenvalue weighted by Gasteiger charge is -2.37. The number of hydrogen-bond acceptors (Lipinski definition) is 4. The third-order valence-electron chi connectivity index (χ3n) is 5.34. The molecule has 3 atom stereocenters. The maximum absolute atomic E-state index is 12.8. The number of rotatable bonds is 3. The Bertz CT molecular complexity index is 1020. The molecule has 1 aliphatic heterocycles. The zero-order chi connectivity index (χ0) is 20.1. The molecule has 0 saturated heterocycles. The van der Waals surface area contributed by atoms with Crippen molar-refractivity contribution in [2.45, 2.75) is 49.6 Å². The van der Waals surface area contributed by atoms with Gasteiger partial charge in [-0.2, -0.15) is 0 Å². The number of benzene rings is 2. The molecular formula is C22H26N2O3S. The van der Waals surface area contributed by atoms with Crippen molar-refractivity contribution in [3.63, 3.8) is 0 Å². The lowest BCUT2D eigenvalue weighted by atomic mass is 9.77. The van der Waals surface area contributed by atoms with E-state index >= 15 is 0 Å². The van der Waals surface area contributed by atoms with E-state index < -0.39 is 15.6 Å². The lowest BCUT2D eigenvalue weighted by Crippen LogP contribution is -2.40. The van der Waals surface area contributed by atoms with E-state index in [0.29, 0.717) is 10.8 Å². The summed E-state index contributed by atoms with van der Waals surface area (Å²) in [4.78, 5) is 0.296. The van der Waals surface area contributed by atoms with E-state index in [4.69, 9.17) is 0 Å². The topological polar surface area (TPSA) is 78.4 Å². The third-order valence-corrected chi connectivity index (χ3v) is 7.09. The summed E-state index contributed by atoms with van der Waals surface area (Å²) in [5.74, 6) is 0.729. The van der Waals surface area contributed by atoms with Crippen LogP contribution in [0.4, 0.5) is 5.69 Å². The fraction of sp³-hybridized carbons (Fsp3) is 0.364. The SMILES string of the molecule is CC(C)(C)NS(=O)(=O)c1ccc2c(c1)C1C=CCC1C(c1ccc(O)cc1)N2. The first-order valence-electron chi connectivity index (χ1n) is 9.54. The number of aromatic hydroxyl groups is 1. The van der Waals surface area contributed by atoms with Crippen LogP contribution in [0.3, 0.4) is 0 Å². The number of sulfonamides is 1. The molecule has 0 fully saturated rings. The second-order valence-electron chi connectivity index (χ2n) is 8.67. The Morgan fingerprint density at radius 1 is 1.11 bits per heavy atom. The van der Waals surface area contributed by atoms with Crippen LogP contribution in [-0.2, 0) is 10.0 Å². The molecule has 1 heterocycles. The van der Waals surface area contributed by atoms with Gasteiger partial charge in [-0.25, -0.2) is 13.1 Å². The van der Waals surface area contributed by atoms with Crippen LogP contribution >= 0.6 is 0 Å². The van der Waals surface area contributed by atoms with Gasteiger partial charge in [0.25, 0.3) is 0 Å². The van der Waals surface area contributed by atoms with E-state index in [1.807, 2.05) is 39.0 Å². The van der Waals surface area contributed by atoms with E-state index in [-0.39, 0.29) is 17.7 Å². The normalized spacial score (nSPS) is 23.8. The predicted octanol–water partition coefficient (Wildman–Crippen LogP) is 4.30. The Balaban J connectivity index is 1.72. The predicted molar refractivity (Wildman–Crippen MR) is 111 cm³/mol. The van der Waals surface area contributed by atoms with Crippen molar-refractivity contribution in [3.8, 4) is 5.75 Å². The molecule has 0 saturated carbocycles. The highest BCUT2D eigenvalue weighted by molar-refractivity contribution is 7.89. The van der Waals surface area contributed by atoms with Crippen LogP contribution in [0.25, 0.3) is 0 Å². The zero-order valence-electron chi connectivity index (χ0n) is 16.3. The number of phenols is 1. The van der Waals surface area contributed by atoms with E-state index in [1.165, 1.54) is 0 Å². The highest BCUT2D eigenvalue weighted by Crippen LogP contribution is 2.50. The largest absolute Gasteiger partial charge is 0.508 e. The van der Waals surface area contributed by atoms with Crippen LogP contribution < -0.4 is 10.0 Å². The van der Waals surface area contributed by atoms with Crippen LogP contribution in [-0.4, -0.2) is 19.1 Å². The molecule has 3 unspecified atom stereocenters. The Morgan fingerprint density at radius 3 is 2.50 bits per heavy atom. The Labute approximate surface area is 166 Å². The number of nitrogens with one attached hydrogen (secondary N) is 2. The van der Waals surface area contributed by atoms with Gasteiger partial charge in [-0.1, -0.05) is 24.3 Å². The molecule has 28 heavy (non-hydrogen) atoms. The van der Waals surface area contributed by atoms with Crippen LogP contribution in [0.1, 0.15) is 50.3 Å². The maximum Gasteiger partial charge on any atom is 0.241 e. The van der Waals surface area contributed by atoms with Crippen LogP contribution in [0.15, 0.2) is 59.5 Å². The van der Waals surface area contributed by atoms with Gasteiger partial charge in [0, 0.05) is 17.1 Å². The fourth-order valence-electron chi connectivity index (χ4n) is 4.21. The van der Waals surface area contributed by atoms with Gasteiger partial charge < -0.3 is 10.4 Å². The standard InChI is InChI=1S/C22H26N2O3S/c1-22(2,3)24-28(26,27)16-11-12-20-19(13-16)17-5-4-6-18(17)21(23-20)14-7-9-15(25)10-8-14/h4-5,7-13,17-18,21,23-25H,6H2,1-3H3. The number of fused-ring (bicyclic) bond motifs is 3. The van der Waals surface area contributed by atoms with Gasteiger partial charge in [-0.15, -0.1) is 0 Å². The van der Waals surface area contributed by atoms with Gasteiger partial charge in [0.15, 0.2) is 0 Å². The molecule has 2 aliphatic rings. The minimum absolute atomic E-state index is 0.114. The van der Waals surface area contributed by atoms with Crippen molar-refractivity contribution in [1.82, 2.24) is 4.72 Å². The first-order valence-corrected chi connectivity index (χ1v) is 11.0. The molecule has 1 aliphatic carbocycles. The molecule has 0 spiro atoms. The maximum atomic E-state index is 12.8. The van der Waals surface area contributed by atoms with Gasteiger partial charge in [-0.3, -0.25) is 0 Å². The van der Waals surface area contributed by atoms with Crippen LogP contribution in [0.2, 0.25) is 0 Å². The van der Waals surface area contributed by atoms with Crippen molar-refractivity contribution < 1.29 is 13.5 Å². The Kier molecular flexibility index (Phi) is 4.51. The highest BCUT2D eigenvalue weighted by atomic mass is 32.2. The summed E-state index contributed by atoms with van der Waals surface area (Å²) >= 11 is 0. The zero-order valence-corrected chi connectivity index (χ0v) is 17.1. The van der Waals surface area contributed by atoms with Gasteiger partial charge in [-0.05, 0) is 74.6 Å². The summed E-state index contributed by atoms with van der Waals surface area (Å²) in [5.41, 5.74) is 2.56. The first-order chi connectivity index (χ1) is 13.1. The third kappa shape index (κ3) is 3.54. The number of phenolic OH excluding ortho intramolecular Hbond substituents is 1. The van der Waals surface area contributed by atoms with E-state index in [0.717, 1.165) is 23.2 Å². The average molecular weight is 399 g/mol. The molecule has 148 valence electrons. The minimum atomic E-state index is -3.58. The number of allylic oxidation sites excluding steroid dienone is 2.